The number of benzene rings is 1. The van der Waals surface area contributed by atoms with E-state index < -0.39 is 0 Å². The third-order valence-corrected chi connectivity index (χ3v) is 5.36. The molecule has 8 heteroatoms. The zero-order valence-corrected chi connectivity index (χ0v) is 17.3. The lowest BCUT2D eigenvalue weighted by Crippen LogP contribution is -2.49. The number of fused-ring (bicyclic) bond motifs is 1. The lowest BCUT2D eigenvalue weighted by molar-refractivity contribution is -0.134. The minimum Gasteiger partial charge on any atom is -0.333 e. The summed E-state index contributed by atoms with van der Waals surface area (Å²) in [5.41, 5.74) is 2.81. The summed E-state index contributed by atoms with van der Waals surface area (Å²) in [5, 5.41) is 7.69. The molecule has 1 atom stereocenters. The molecule has 2 aromatic heterocycles. The third kappa shape index (κ3) is 4.36. The number of carbonyl (C=O) groups excluding carboxylic acids is 1. The highest BCUT2D eigenvalue weighted by atomic mass is 35.5. The van der Waals surface area contributed by atoms with Gasteiger partial charge in [0.2, 0.25) is 5.91 Å². The van der Waals surface area contributed by atoms with Gasteiger partial charge in [0.25, 0.3) is 0 Å². The molecule has 0 spiro atoms. The Bertz CT molecular complexity index is 1030. The van der Waals surface area contributed by atoms with Gasteiger partial charge in [0, 0.05) is 32.3 Å². The van der Waals surface area contributed by atoms with Crippen molar-refractivity contribution in [2.75, 3.05) is 19.6 Å². The van der Waals surface area contributed by atoms with E-state index in [9.17, 15) is 9.59 Å². The lowest BCUT2D eigenvalue weighted by Gasteiger charge is -2.36. The first-order valence-electron chi connectivity index (χ1n) is 9.80. The van der Waals surface area contributed by atoms with Crippen LogP contribution < -0.4 is 11.0 Å². The van der Waals surface area contributed by atoms with E-state index in [1.165, 1.54) is 14.6 Å². The quantitative estimate of drug-likeness (QED) is 0.692. The number of hydrogen-bond acceptors (Lipinski definition) is 4. The Morgan fingerprint density at radius 2 is 2.00 bits per heavy atom. The Labute approximate surface area is 175 Å². The number of piperazine rings is 1. The molecule has 1 aliphatic heterocycles. The van der Waals surface area contributed by atoms with Crippen molar-refractivity contribution in [1.82, 2.24) is 24.4 Å². The Hall–Kier alpha value is -2.64. The van der Waals surface area contributed by atoms with Crippen molar-refractivity contribution >= 4 is 24.0 Å². The SMILES string of the molecule is CCc1ccc(C2CNCCN2C(=O)CCn2nc3ccccn3c2=O)cc1.Cl. The molecule has 4 rings (SSSR count). The van der Waals surface area contributed by atoms with Crippen molar-refractivity contribution in [3.05, 3.63) is 70.3 Å². The third-order valence-electron chi connectivity index (χ3n) is 5.36. The fraction of sp³-hybridized carbons (Fsp3) is 0.381. The van der Waals surface area contributed by atoms with Crippen LogP contribution in [-0.2, 0) is 17.8 Å². The summed E-state index contributed by atoms with van der Waals surface area (Å²) >= 11 is 0. The lowest BCUT2D eigenvalue weighted by atomic mass is 10.0. The molecule has 0 bridgehead atoms. The Balaban J connectivity index is 0.00000240. The van der Waals surface area contributed by atoms with Gasteiger partial charge in [0.15, 0.2) is 5.65 Å². The maximum atomic E-state index is 13.0. The van der Waals surface area contributed by atoms with Gasteiger partial charge in [-0.15, -0.1) is 17.5 Å². The summed E-state index contributed by atoms with van der Waals surface area (Å²) in [7, 11) is 0. The molecular weight excluding hydrogens is 390 g/mol. The van der Waals surface area contributed by atoms with Crippen LogP contribution >= 0.6 is 12.4 Å². The summed E-state index contributed by atoms with van der Waals surface area (Å²) in [6.45, 7) is 4.60. The number of halogens is 1. The van der Waals surface area contributed by atoms with Gasteiger partial charge < -0.3 is 10.2 Å². The molecule has 29 heavy (non-hydrogen) atoms. The van der Waals surface area contributed by atoms with Crippen LogP contribution in [0, 0.1) is 0 Å². The van der Waals surface area contributed by atoms with Crippen molar-refractivity contribution in [2.45, 2.75) is 32.4 Å². The average molecular weight is 416 g/mol. The molecule has 1 amide bonds. The molecule has 3 aromatic rings. The van der Waals surface area contributed by atoms with Crippen LogP contribution in [0.3, 0.4) is 0 Å². The second kappa shape index (κ2) is 9.24. The highest BCUT2D eigenvalue weighted by Crippen LogP contribution is 2.23. The van der Waals surface area contributed by atoms with Gasteiger partial charge in [-0.3, -0.25) is 9.20 Å². The van der Waals surface area contributed by atoms with Gasteiger partial charge in [0.1, 0.15) is 0 Å². The van der Waals surface area contributed by atoms with Crippen LogP contribution in [0.25, 0.3) is 5.65 Å². The molecule has 0 aliphatic carbocycles. The van der Waals surface area contributed by atoms with Gasteiger partial charge >= 0.3 is 5.69 Å². The minimum absolute atomic E-state index is 0. The van der Waals surface area contributed by atoms with E-state index in [0.717, 1.165) is 25.1 Å². The molecule has 7 nitrogen and oxygen atoms in total. The number of aromatic nitrogens is 3. The van der Waals surface area contributed by atoms with Crippen LogP contribution in [0.1, 0.15) is 30.5 Å². The van der Waals surface area contributed by atoms with E-state index in [2.05, 4.69) is 41.6 Å². The van der Waals surface area contributed by atoms with E-state index in [1.807, 2.05) is 11.0 Å². The molecular formula is C21H26ClN5O2. The summed E-state index contributed by atoms with van der Waals surface area (Å²) in [6.07, 6.45) is 2.95. The fourth-order valence-corrected chi connectivity index (χ4v) is 3.74. The Kier molecular flexibility index (Phi) is 6.71. The molecule has 1 saturated heterocycles. The highest BCUT2D eigenvalue weighted by molar-refractivity contribution is 5.85. The predicted molar refractivity (Wildman–Crippen MR) is 114 cm³/mol. The van der Waals surface area contributed by atoms with Crippen LogP contribution in [0.4, 0.5) is 0 Å². The van der Waals surface area contributed by atoms with E-state index >= 15 is 0 Å². The molecule has 1 aromatic carbocycles. The minimum atomic E-state index is -0.213. The first kappa shape index (κ1) is 21.1. The molecule has 3 heterocycles. The maximum Gasteiger partial charge on any atom is 0.350 e. The largest absolute Gasteiger partial charge is 0.350 e. The molecule has 1 N–H and O–H groups in total. The van der Waals surface area contributed by atoms with E-state index in [4.69, 9.17) is 0 Å². The molecule has 0 saturated carbocycles. The van der Waals surface area contributed by atoms with Crippen LogP contribution in [-0.4, -0.2) is 44.6 Å². The smallest absolute Gasteiger partial charge is 0.333 e. The van der Waals surface area contributed by atoms with Gasteiger partial charge in [-0.2, -0.15) is 0 Å². The summed E-state index contributed by atoms with van der Waals surface area (Å²) in [6, 6.07) is 13.9. The first-order chi connectivity index (χ1) is 13.7. The van der Waals surface area contributed by atoms with Crippen molar-refractivity contribution in [3.63, 3.8) is 0 Å². The normalized spacial score (nSPS) is 16.6. The Morgan fingerprint density at radius 1 is 1.21 bits per heavy atom. The van der Waals surface area contributed by atoms with E-state index in [1.54, 1.807) is 18.3 Å². The monoisotopic (exact) mass is 415 g/mol. The Morgan fingerprint density at radius 3 is 2.72 bits per heavy atom. The summed E-state index contributed by atoms with van der Waals surface area (Å²) < 4.78 is 2.87. The standard InChI is InChI=1S/C21H25N5O2.ClH/c1-2-16-6-8-17(9-7-16)18-15-22-11-14-24(18)20(27)10-13-26-21(28)25-12-4-3-5-19(25)23-26;/h3-9,12,18,22H,2,10-11,13-15H2,1H3;1H. The topological polar surface area (TPSA) is 71.6 Å². The highest BCUT2D eigenvalue weighted by Gasteiger charge is 2.27. The molecule has 1 unspecified atom stereocenters. The zero-order chi connectivity index (χ0) is 19.5. The maximum absolute atomic E-state index is 13.0. The van der Waals surface area contributed by atoms with Crippen LogP contribution in [0.2, 0.25) is 0 Å². The number of carbonyl (C=O) groups is 1. The van der Waals surface area contributed by atoms with Gasteiger partial charge in [-0.05, 0) is 29.7 Å². The van der Waals surface area contributed by atoms with E-state index in [0.29, 0.717) is 12.2 Å². The van der Waals surface area contributed by atoms with Crippen LogP contribution in [0.5, 0.6) is 0 Å². The van der Waals surface area contributed by atoms with Gasteiger partial charge in [-0.1, -0.05) is 37.3 Å². The predicted octanol–water partition coefficient (Wildman–Crippen LogP) is 2.04. The number of aryl methyl sites for hydroxylation is 2. The van der Waals surface area contributed by atoms with Crippen molar-refractivity contribution in [1.29, 1.82) is 0 Å². The number of amides is 1. The van der Waals surface area contributed by atoms with Crippen molar-refractivity contribution in [3.8, 4) is 0 Å². The fourth-order valence-electron chi connectivity index (χ4n) is 3.74. The zero-order valence-electron chi connectivity index (χ0n) is 16.5. The number of rotatable bonds is 5. The first-order valence-corrected chi connectivity index (χ1v) is 9.80. The second-order valence-electron chi connectivity index (χ2n) is 7.09. The number of pyridine rings is 1. The summed E-state index contributed by atoms with van der Waals surface area (Å²) in [5.74, 6) is 0.0509. The van der Waals surface area contributed by atoms with Gasteiger partial charge in [0.05, 0.1) is 12.6 Å². The van der Waals surface area contributed by atoms with Crippen molar-refractivity contribution in [2.24, 2.45) is 0 Å². The van der Waals surface area contributed by atoms with E-state index in [-0.39, 0.29) is 43.0 Å². The second-order valence-corrected chi connectivity index (χ2v) is 7.09. The average Bonchev–Trinajstić information content (AvgIpc) is 3.08. The van der Waals surface area contributed by atoms with Crippen LogP contribution in [0.15, 0.2) is 53.5 Å². The molecule has 1 aliphatic rings. The number of hydrogen-bond donors (Lipinski definition) is 1. The number of nitrogens with zero attached hydrogens (tertiary/aromatic N) is 4. The molecule has 154 valence electrons. The molecule has 0 radical (unpaired) electrons. The van der Waals surface area contributed by atoms with Crippen molar-refractivity contribution < 1.29 is 4.79 Å². The van der Waals surface area contributed by atoms with Gasteiger partial charge in [-0.25, -0.2) is 9.48 Å². The molecule has 1 fully saturated rings. The summed E-state index contributed by atoms with van der Waals surface area (Å²) in [4.78, 5) is 27.3. The number of nitrogens with one attached hydrogen (secondary N) is 1.